The van der Waals surface area contributed by atoms with E-state index in [0.29, 0.717) is 97.4 Å². The summed E-state index contributed by atoms with van der Waals surface area (Å²) in [5, 5.41) is 4.70. The zero-order valence-electron chi connectivity index (χ0n) is 53.2. The van der Waals surface area contributed by atoms with Crippen molar-refractivity contribution in [3.8, 4) is 0 Å². The van der Waals surface area contributed by atoms with Crippen LogP contribution in [0.3, 0.4) is 0 Å². The van der Waals surface area contributed by atoms with Crippen LogP contribution in [0.5, 0.6) is 0 Å². The minimum atomic E-state index is -0.713. The highest BCUT2D eigenvalue weighted by molar-refractivity contribution is 6.12. The van der Waals surface area contributed by atoms with Crippen molar-refractivity contribution in [2.45, 2.75) is 194 Å². The summed E-state index contributed by atoms with van der Waals surface area (Å²) >= 11 is 0. The number of likely N-dealkylation sites (tertiary alicyclic amines) is 1. The van der Waals surface area contributed by atoms with Gasteiger partial charge in [-0.2, -0.15) is 0 Å². The lowest BCUT2D eigenvalue weighted by molar-refractivity contribution is -0.203. The maximum Gasteiger partial charge on any atom is 0.253 e. The standard InChI is InChI=1S/C66H103N7O12/c1-12-47(7)50(55(83-10)42-60(80)71-32-19-24-52(71)63(84-11)48(8)53(74)25-18-30-66(65(82)73-34-16-17-39-85-73)43-51(66)49-22-14-13-15-23-49)40-46(6)41-54(75)61(44(2)3)67-64(81)62(45(4)5)68(9)31-20-26-56(76)69-35-37-70(38-36-69)57(77)27-21-33-72-58(78)28-29-59(72)79/h13-15,22-23,28-29,44-48,50-52,55,61-63H,12,16-21,24-27,30-43H2,1-11H3,(H,67,81). The van der Waals surface area contributed by atoms with E-state index in [0.717, 1.165) is 42.6 Å². The average Bonchev–Trinajstić information content (AvgIpc) is 1.75. The molecule has 474 valence electrons. The van der Waals surface area contributed by atoms with Gasteiger partial charge in [-0.1, -0.05) is 92.1 Å². The third-order valence-corrected chi connectivity index (χ3v) is 19.3. The molecule has 1 aliphatic carbocycles. The van der Waals surface area contributed by atoms with Gasteiger partial charge >= 0.3 is 0 Å². The summed E-state index contributed by atoms with van der Waals surface area (Å²) in [6.07, 6.45) is 10.4. The number of amides is 7. The van der Waals surface area contributed by atoms with Gasteiger partial charge in [-0.05, 0) is 119 Å². The van der Waals surface area contributed by atoms with Gasteiger partial charge in [-0.15, -0.1) is 0 Å². The number of piperazine rings is 1. The molecule has 7 amide bonds. The normalized spacial score (nSPS) is 22.8. The van der Waals surface area contributed by atoms with Crippen molar-refractivity contribution in [1.82, 2.24) is 34.9 Å². The highest BCUT2D eigenvalue weighted by atomic mass is 16.7. The predicted molar refractivity (Wildman–Crippen MR) is 324 cm³/mol. The van der Waals surface area contributed by atoms with Crippen molar-refractivity contribution < 1.29 is 57.5 Å². The minimum Gasteiger partial charge on any atom is -0.381 e. The van der Waals surface area contributed by atoms with Gasteiger partial charge < -0.3 is 29.5 Å². The second-order valence-electron chi connectivity index (χ2n) is 25.9. The number of hydroxylamine groups is 2. The third-order valence-electron chi connectivity index (χ3n) is 19.3. The van der Waals surface area contributed by atoms with Gasteiger partial charge in [-0.3, -0.25) is 57.8 Å². The van der Waals surface area contributed by atoms with E-state index in [2.05, 4.69) is 38.2 Å². The van der Waals surface area contributed by atoms with E-state index in [4.69, 9.17) is 14.3 Å². The molecule has 5 aliphatic rings. The Morgan fingerprint density at radius 3 is 1.96 bits per heavy atom. The number of methoxy groups -OCH3 is 2. The molecule has 85 heavy (non-hydrogen) atoms. The second-order valence-corrected chi connectivity index (χ2v) is 25.9. The number of ether oxygens (including phenoxy) is 2. The lowest BCUT2D eigenvalue weighted by Crippen LogP contribution is -2.54. The minimum absolute atomic E-state index is 0.0129. The van der Waals surface area contributed by atoms with Crippen LogP contribution in [0.2, 0.25) is 0 Å². The second kappa shape index (κ2) is 32.6. The van der Waals surface area contributed by atoms with Gasteiger partial charge in [0, 0.05) is 104 Å². The van der Waals surface area contributed by atoms with E-state index in [1.54, 1.807) is 29.1 Å². The van der Waals surface area contributed by atoms with E-state index in [1.807, 2.05) is 69.7 Å². The molecule has 3 saturated heterocycles. The maximum atomic E-state index is 14.5. The third kappa shape index (κ3) is 18.1. The molecule has 0 radical (unpaired) electrons. The Labute approximate surface area is 506 Å². The Morgan fingerprint density at radius 2 is 1.39 bits per heavy atom. The van der Waals surface area contributed by atoms with E-state index >= 15 is 0 Å². The van der Waals surface area contributed by atoms with E-state index in [9.17, 15) is 43.2 Å². The summed E-state index contributed by atoms with van der Waals surface area (Å²) in [5.74, 6) is -1.64. The maximum absolute atomic E-state index is 14.5. The van der Waals surface area contributed by atoms with Crippen LogP contribution in [-0.2, 0) is 57.5 Å². The molecule has 1 aromatic carbocycles. The molecule has 4 heterocycles. The molecule has 0 aromatic heterocycles. The van der Waals surface area contributed by atoms with Gasteiger partial charge in [0.15, 0.2) is 5.78 Å². The first-order valence-corrected chi connectivity index (χ1v) is 32.1. The van der Waals surface area contributed by atoms with Crippen LogP contribution < -0.4 is 5.32 Å². The number of rotatable bonds is 34. The lowest BCUT2D eigenvalue weighted by atomic mass is 9.77. The topological polar surface area (TPSA) is 213 Å². The molecule has 0 bridgehead atoms. The summed E-state index contributed by atoms with van der Waals surface area (Å²) in [6.45, 7) is 20.1. The average molecular weight is 1190 g/mol. The number of hydrogen-bond acceptors (Lipinski definition) is 13. The molecule has 1 aromatic rings. The summed E-state index contributed by atoms with van der Waals surface area (Å²) in [4.78, 5) is 135. The lowest BCUT2D eigenvalue weighted by Gasteiger charge is -2.37. The van der Waals surface area contributed by atoms with Crippen LogP contribution in [0.25, 0.3) is 0 Å². The molecular formula is C66H103N7O12. The summed E-state index contributed by atoms with van der Waals surface area (Å²) in [6, 6.07) is 8.61. The first-order valence-electron chi connectivity index (χ1n) is 32.1. The Bertz CT molecular complexity index is 2440. The van der Waals surface area contributed by atoms with Gasteiger partial charge in [-0.25, -0.2) is 5.06 Å². The van der Waals surface area contributed by atoms with Gasteiger partial charge in [0.2, 0.25) is 23.6 Å². The van der Waals surface area contributed by atoms with E-state index < -0.39 is 35.6 Å². The van der Waals surface area contributed by atoms with Crippen molar-refractivity contribution in [1.29, 1.82) is 0 Å². The fourth-order valence-corrected chi connectivity index (χ4v) is 14.0. The van der Waals surface area contributed by atoms with E-state index in [1.165, 1.54) is 12.2 Å². The molecule has 1 saturated carbocycles. The number of imide groups is 1. The van der Waals surface area contributed by atoms with Crippen LogP contribution >= 0.6 is 0 Å². The number of ketones is 2. The van der Waals surface area contributed by atoms with E-state index in [-0.39, 0.29) is 127 Å². The fourth-order valence-electron chi connectivity index (χ4n) is 14.0. The summed E-state index contributed by atoms with van der Waals surface area (Å²) < 4.78 is 12.3. The van der Waals surface area contributed by atoms with Crippen LogP contribution in [0.1, 0.15) is 170 Å². The summed E-state index contributed by atoms with van der Waals surface area (Å²) in [5.41, 5.74) is 0.546. The number of likely N-dealkylation sites (N-methyl/N-ethyl adjacent to an activating group) is 1. The molecular weight excluding hydrogens is 1080 g/mol. The quantitative estimate of drug-likeness (QED) is 0.0668. The molecule has 11 unspecified atom stereocenters. The number of Topliss-reactive ketones (excluding diaryl/α,β-unsaturated/α-hetero) is 2. The van der Waals surface area contributed by atoms with Gasteiger partial charge in [0.25, 0.3) is 17.7 Å². The van der Waals surface area contributed by atoms with Crippen molar-refractivity contribution in [2.75, 3.05) is 80.2 Å². The predicted octanol–water partition coefficient (Wildman–Crippen LogP) is 7.40. The highest BCUT2D eigenvalue weighted by Crippen LogP contribution is 2.63. The molecule has 1 N–H and O–H groups in total. The van der Waals surface area contributed by atoms with Crippen molar-refractivity contribution in [3.63, 3.8) is 0 Å². The molecule has 19 heteroatoms. The summed E-state index contributed by atoms with van der Waals surface area (Å²) in [7, 11) is 5.14. The zero-order valence-corrected chi connectivity index (χ0v) is 53.2. The monoisotopic (exact) mass is 1190 g/mol. The largest absolute Gasteiger partial charge is 0.381 e. The van der Waals surface area contributed by atoms with Crippen molar-refractivity contribution in [2.24, 2.45) is 40.9 Å². The SMILES string of the molecule is CCC(C)C(CC(C)CC(=O)C(NC(=O)C(C(C)C)N(C)CCCC(=O)N1CCN(C(=O)CCCN2C(=O)C=CC2=O)CC1)C(C)C)C(CC(=O)N1CCCC1C(OC)C(C)C(=O)CCCC1(C(=O)N2CCCCO2)CC1c1ccccc1)OC. The van der Waals surface area contributed by atoms with Crippen LogP contribution in [0.15, 0.2) is 42.5 Å². The van der Waals surface area contributed by atoms with Crippen molar-refractivity contribution >= 4 is 52.9 Å². The number of hydrogen-bond donors (Lipinski definition) is 1. The number of nitrogens with zero attached hydrogens (tertiary/aromatic N) is 6. The molecule has 4 aliphatic heterocycles. The molecule has 19 nitrogen and oxygen atoms in total. The molecule has 11 atom stereocenters. The fraction of sp³-hybridized carbons (Fsp3) is 0.742. The van der Waals surface area contributed by atoms with Crippen LogP contribution in [-0.4, -0.2) is 193 Å². The Balaban J connectivity index is 0.965. The number of carbonyl (C=O) groups is 9. The van der Waals surface area contributed by atoms with Gasteiger partial charge in [0.1, 0.15) is 5.78 Å². The number of nitrogens with one attached hydrogen (secondary N) is 1. The van der Waals surface area contributed by atoms with Crippen molar-refractivity contribution in [3.05, 3.63) is 48.0 Å². The Morgan fingerprint density at radius 1 is 0.741 bits per heavy atom. The van der Waals surface area contributed by atoms with Crippen LogP contribution in [0.4, 0.5) is 0 Å². The first kappa shape index (κ1) is 68.7. The Kier molecular flexibility index (Phi) is 26.3. The smallest absolute Gasteiger partial charge is 0.253 e. The van der Waals surface area contributed by atoms with Gasteiger partial charge in [0.05, 0.1) is 48.8 Å². The molecule has 0 spiro atoms. The number of benzene rings is 1. The first-order chi connectivity index (χ1) is 40.6. The van der Waals surface area contributed by atoms with Crippen LogP contribution in [0, 0.1) is 40.9 Å². The molecule has 4 fully saturated rings. The zero-order chi connectivity index (χ0) is 62.1. The Hall–Kier alpha value is -5.37. The number of carbonyl (C=O) groups excluding carboxylic acids is 9. The highest BCUT2D eigenvalue weighted by Gasteiger charge is 2.61. The molecule has 6 rings (SSSR count).